The maximum Gasteiger partial charge on any atom is 0.227 e. The highest BCUT2D eigenvalue weighted by molar-refractivity contribution is 5.88. The van der Waals surface area contributed by atoms with E-state index in [0.29, 0.717) is 6.42 Å². The van der Waals surface area contributed by atoms with E-state index in [-0.39, 0.29) is 5.91 Å². The van der Waals surface area contributed by atoms with E-state index >= 15 is 0 Å². The van der Waals surface area contributed by atoms with Crippen LogP contribution in [0.2, 0.25) is 0 Å². The Morgan fingerprint density at radius 1 is 1.25 bits per heavy atom. The molecule has 4 rings (SSSR count). The van der Waals surface area contributed by atoms with E-state index in [1.165, 1.54) is 32.1 Å². The molecule has 1 aliphatic carbocycles. The monoisotopic (exact) mass is 327 g/mol. The molecule has 2 fully saturated rings. The summed E-state index contributed by atoms with van der Waals surface area (Å²) in [4.78, 5) is 14.9. The number of benzene rings is 1. The lowest BCUT2D eigenvalue weighted by Crippen LogP contribution is -2.45. The Labute approximate surface area is 142 Å². The van der Waals surface area contributed by atoms with Gasteiger partial charge >= 0.3 is 0 Å². The van der Waals surface area contributed by atoms with Gasteiger partial charge in [-0.1, -0.05) is 19.3 Å². The second-order valence-electron chi connectivity index (χ2n) is 7.23. The van der Waals surface area contributed by atoms with Gasteiger partial charge in [-0.3, -0.25) is 4.79 Å². The molecule has 1 amide bonds. The molecule has 2 atom stereocenters. The molecule has 24 heavy (non-hydrogen) atoms. The summed E-state index contributed by atoms with van der Waals surface area (Å²) in [5.41, 5.74) is 1.77. The fourth-order valence-electron chi connectivity index (χ4n) is 4.43. The minimum atomic E-state index is 0.226. The Morgan fingerprint density at radius 2 is 2.08 bits per heavy atom. The van der Waals surface area contributed by atoms with Gasteiger partial charge in [-0.2, -0.15) is 0 Å². The summed E-state index contributed by atoms with van der Waals surface area (Å²) >= 11 is 0. The molecule has 1 aromatic carbocycles. The number of rotatable bonds is 3. The Balaban J connectivity index is 1.48. The number of methoxy groups -OCH3 is 1. The number of piperidine rings is 1. The number of carbonyl (C=O) groups is 1. The zero-order valence-corrected chi connectivity index (χ0v) is 14.3. The number of hydrogen-bond donors (Lipinski definition) is 0. The van der Waals surface area contributed by atoms with Crippen LogP contribution >= 0.6 is 0 Å². The molecule has 1 aliphatic heterocycles. The van der Waals surface area contributed by atoms with E-state index in [2.05, 4.69) is 4.90 Å². The first kappa shape index (κ1) is 15.6. The van der Waals surface area contributed by atoms with Crippen molar-refractivity contribution in [2.75, 3.05) is 20.2 Å². The molecule has 0 spiro atoms. The van der Waals surface area contributed by atoms with E-state index in [1.54, 1.807) is 13.4 Å². The SMILES string of the molecule is COc1ccc2occ(CC(=O)N3CC[C@@H]4CCCC[C@@H]4C3)c2c1. The Hall–Kier alpha value is -1.97. The van der Waals surface area contributed by atoms with Crippen LogP contribution < -0.4 is 4.74 Å². The summed E-state index contributed by atoms with van der Waals surface area (Å²) in [5, 5.41) is 0.982. The van der Waals surface area contributed by atoms with Crippen LogP contribution in [0.5, 0.6) is 5.75 Å². The van der Waals surface area contributed by atoms with E-state index in [9.17, 15) is 4.79 Å². The highest BCUT2D eigenvalue weighted by atomic mass is 16.5. The summed E-state index contributed by atoms with van der Waals surface area (Å²) in [7, 11) is 1.65. The lowest BCUT2D eigenvalue weighted by Gasteiger charge is -2.41. The molecule has 1 aromatic heterocycles. The van der Waals surface area contributed by atoms with Gasteiger partial charge in [0.25, 0.3) is 0 Å². The fraction of sp³-hybridized carbons (Fsp3) is 0.550. The van der Waals surface area contributed by atoms with Gasteiger partial charge < -0.3 is 14.1 Å². The predicted molar refractivity (Wildman–Crippen MR) is 93.1 cm³/mol. The zero-order chi connectivity index (χ0) is 16.5. The maximum absolute atomic E-state index is 12.8. The van der Waals surface area contributed by atoms with Crippen molar-refractivity contribution >= 4 is 16.9 Å². The summed E-state index contributed by atoms with van der Waals surface area (Å²) in [6, 6.07) is 5.73. The molecule has 2 aliphatic rings. The van der Waals surface area contributed by atoms with Crippen molar-refractivity contribution < 1.29 is 13.9 Å². The maximum atomic E-state index is 12.8. The fourth-order valence-corrected chi connectivity index (χ4v) is 4.43. The second-order valence-corrected chi connectivity index (χ2v) is 7.23. The van der Waals surface area contributed by atoms with Crippen LogP contribution in [0.25, 0.3) is 11.0 Å². The van der Waals surface area contributed by atoms with Crippen molar-refractivity contribution in [2.24, 2.45) is 11.8 Å². The number of amides is 1. The van der Waals surface area contributed by atoms with Crippen LogP contribution in [0, 0.1) is 11.8 Å². The standard InChI is InChI=1S/C20H25NO3/c1-23-17-6-7-19-18(11-17)16(13-24-19)10-20(22)21-9-8-14-4-2-3-5-15(14)12-21/h6-7,11,13-15H,2-5,8-10,12H2,1H3/t14-,15+/m0/s1. The number of likely N-dealkylation sites (tertiary alicyclic amines) is 1. The number of carbonyl (C=O) groups excluding carboxylic acids is 1. The lowest BCUT2D eigenvalue weighted by molar-refractivity contribution is -0.133. The Morgan fingerprint density at radius 3 is 2.92 bits per heavy atom. The van der Waals surface area contributed by atoms with E-state index in [1.807, 2.05) is 18.2 Å². The number of nitrogens with zero attached hydrogens (tertiary/aromatic N) is 1. The summed E-state index contributed by atoms with van der Waals surface area (Å²) in [5.74, 6) is 2.59. The molecule has 1 saturated carbocycles. The topological polar surface area (TPSA) is 42.7 Å². The predicted octanol–water partition coefficient (Wildman–Crippen LogP) is 4.02. The van der Waals surface area contributed by atoms with E-state index in [4.69, 9.17) is 9.15 Å². The molecule has 4 nitrogen and oxygen atoms in total. The minimum absolute atomic E-state index is 0.226. The molecular weight excluding hydrogens is 302 g/mol. The molecule has 2 heterocycles. The third-order valence-electron chi connectivity index (χ3n) is 5.85. The van der Waals surface area contributed by atoms with Gasteiger partial charge in [0.2, 0.25) is 5.91 Å². The van der Waals surface area contributed by atoms with Crippen LogP contribution in [0.1, 0.15) is 37.7 Å². The van der Waals surface area contributed by atoms with E-state index < -0.39 is 0 Å². The Bertz CT molecular complexity index is 736. The van der Waals surface area contributed by atoms with Gasteiger partial charge in [0.15, 0.2) is 0 Å². The van der Waals surface area contributed by atoms with Crippen molar-refractivity contribution in [1.29, 1.82) is 0 Å². The average Bonchev–Trinajstić information content (AvgIpc) is 3.03. The summed E-state index contributed by atoms with van der Waals surface area (Å²) in [6.07, 6.45) is 8.66. The lowest BCUT2D eigenvalue weighted by atomic mass is 9.75. The first-order chi connectivity index (χ1) is 11.7. The first-order valence-corrected chi connectivity index (χ1v) is 9.06. The Kier molecular flexibility index (Phi) is 4.21. The molecule has 0 N–H and O–H groups in total. The summed E-state index contributed by atoms with van der Waals surface area (Å²) in [6.45, 7) is 1.86. The highest BCUT2D eigenvalue weighted by Gasteiger charge is 2.33. The molecule has 128 valence electrons. The zero-order valence-electron chi connectivity index (χ0n) is 14.3. The van der Waals surface area contributed by atoms with Gasteiger partial charge in [-0.25, -0.2) is 0 Å². The minimum Gasteiger partial charge on any atom is -0.497 e. The van der Waals surface area contributed by atoms with Crippen molar-refractivity contribution in [3.8, 4) is 5.75 Å². The smallest absolute Gasteiger partial charge is 0.227 e. The van der Waals surface area contributed by atoms with E-state index in [0.717, 1.165) is 47.2 Å². The highest BCUT2D eigenvalue weighted by Crippen LogP contribution is 2.36. The molecule has 2 aromatic rings. The third-order valence-corrected chi connectivity index (χ3v) is 5.85. The summed E-state index contributed by atoms with van der Waals surface area (Å²) < 4.78 is 10.9. The molecular formula is C20H25NO3. The normalized spacial score (nSPS) is 24.0. The quantitative estimate of drug-likeness (QED) is 0.855. The number of ether oxygens (including phenoxy) is 1. The molecule has 0 unspecified atom stereocenters. The average molecular weight is 327 g/mol. The van der Waals surface area contributed by atoms with Crippen molar-refractivity contribution in [2.45, 2.75) is 38.5 Å². The van der Waals surface area contributed by atoms with Crippen LogP contribution in [-0.2, 0) is 11.2 Å². The largest absolute Gasteiger partial charge is 0.497 e. The van der Waals surface area contributed by atoms with Crippen LogP contribution in [0.15, 0.2) is 28.9 Å². The van der Waals surface area contributed by atoms with Crippen LogP contribution in [0.3, 0.4) is 0 Å². The molecule has 4 heteroatoms. The number of hydrogen-bond acceptors (Lipinski definition) is 3. The van der Waals surface area contributed by atoms with Crippen molar-refractivity contribution in [3.63, 3.8) is 0 Å². The van der Waals surface area contributed by atoms with Gasteiger partial charge in [-0.05, 0) is 42.9 Å². The van der Waals surface area contributed by atoms with Crippen molar-refractivity contribution in [1.82, 2.24) is 4.90 Å². The molecule has 0 radical (unpaired) electrons. The van der Waals surface area contributed by atoms with Crippen LogP contribution in [-0.4, -0.2) is 31.0 Å². The molecule has 1 saturated heterocycles. The first-order valence-electron chi connectivity index (χ1n) is 9.06. The van der Waals surface area contributed by atoms with Gasteiger partial charge in [0.05, 0.1) is 19.8 Å². The number of furan rings is 1. The van der Waals surface area contributed by atoms with Gasteiger partial charge in [-0.15, -0.1) is 0 Å². The van der Waals surface area contributed by atoms with Gasteiger partial charge in [0.1, 0.15) is 11.3 Å². The second kappa shape index (κ2) is 6.50. The van der Waals surface area contributed by atoms with Gasteiger partial charge in [0, 0.05) is 24.0 Å². The molecule has 0 bridgehead atoms. The van der Waals surface area contributed by atoms with Crippen molar-refractivity contribution in [3.05, 3.63) is 30.0 Å². The van der Waals surface area contributed by atoms with Crippen LogP contribution in [0.4, 0.5) is 0 Å². The number of fused-ring (bicyclic) bond motifs is 2. The third kappa shape index (κ3) is 2.90.